The highest BCUT2D eigenvalue weighted by Crippen LogP contribution is 2.21. The molecule has 164 valence electrons. The fourth-order valence-corrected chi connectivity index (χ4v) is 4.05. The van der Waals surface area contributed by atoms with E-state index in [4.69, 9.17) is 4.74 Å². The monoisotopic (exact) mass is 452 g/mol. The fourth-order valence-electron chi connectivity index (χ4n) is 3.09. The third-order valence-corrected chi connectivity index (χ3v) is 5.91. The van der Waals surface area contributed by atoms with E-state index < -0.39 is 0 Å². The maximum Gasteiger partial charge on any atom is 0.271 e. The lowest BCUT2D eigenvalue weighted by molar-refractivity contribution is 0.0955. The van der Waals surface area contributed by atoms with Gasteiger partial charge in [-0.05, 0) is 65.2 Å². The van der Waals surface area contributed by atoms with Crippen LogP contribution < -0.4 is 10.2 Å². The molecule has 4 aromatic rings. The smallest absolute Gasteiger partial charge is 0.271 e. The van der Waals surface area contributed by atoms with Crippen molar-refractivity contribution in [3.8, 4) is 11.5 Å². The molecule has 33 heavy (non-hydrogen) atoms. The number of rotatable bonds is 9. The standard InChI is InChI=1S/C28H24N2O2S/c31-28(25-15-11-24(12-16-25)21-33-20-23-7-3-1-4-8-23)30-29-19-22-13-17-27(18-14-22)32-26-9-5-2-6-10-26/h1-19H,20-21H2,(H,30,31)/b29-19-. The molecule has 0 aromatic heterocycles. The second-order valence-corrected chi connectivity index (χ2v) is 8.34. The van der Waals surface area contributed by atoms with E-state index in [1.54, 1.807) is 6.21 Å². The van der Waals surface area contributed by atoms with Crippen LogP contribution in [0.5, 0.6) is 11.5 Å². The molecule has 0 saturated carbocycles. The minimum atomic E-state index is -0.237. The Kier molecular flexibility index (Phi) is 7.93. The van der Waals surface area contributed by atoms with Gasteiger partial charge in [0.2, 0.25) is 0 Å². The van der Waals surface area contributed by atoms with Crippen molar-refractivity contribution in [2.75, 3.05) is 0 Å². The summed E-state index contributed by atoms with van der Waals surface area (Å²) < 4.78 is 5.77. The summed E-state index contributed by atoms with van der Waals surface area (Å²) in [6, 6.07) is 35.2. The second kappa shape index (κ2) is 11.7. The zero-order chi connectivity index (χ0) is 22.7. The highest BCUT2D eigenvalue weighted by Gasteiger charge is 2.04. The van der Waals surface area contributed by atoms with E-state index >= 15 is 0 Å². The van der Waals surface area contributed by atoms with Crippen molar-refractivity contribution in [2.45, 2.75) is 11.5 Å². The maximum absolute atomic E-state index is 12.4. The minimum absolute atomic E-state index is 0.237. The molecule has 5 heteroatoms. The Morgan fingerprint density at radius 2 is 1.30 bits per heavy atom. The van der Waals surface area contributed by atoms with Crippen LogP contribution in [-0.2, 0) is 11.5 Å². The number of benzene rings is 4. The molecule has 0 atom stereocenters. The molecule has 4 rings (SSSR count). The van der Waals surface area contributed by atoms with Crippen molar-refractivity contribution in [2.24, 2.45) is 5.10 Å². The third kappa shape index (κ3) is 7.09. The first-order valence-electron chi connectivity index (χ1n) is 10.6. The first-order valence-corrected chi connectivity index (χ1v) is 11.8. The zero-order valence-corrected chi connectivity index (χ0v) is 18.9. The van der Waals surface area contributed by atoms with Gasteiger partial charge in [-0.2, -0.15) is 16.9 Å². The lowest BCUT2D eigenvalue weighted by atomic mass is 10.1. The van der Waals surface area contributed by atoms with Crippen LogP contribution in [-0.4, -0.2) is 12.1 Å². The molecule has 0 unspecified atom stereocenters. The number of amides is 1. The average molecular weight is 453 g/mol. The van der Waals surface area contributed by atoms with Crippen LogP contribution in [0.15, 0.2) is 114 Å². The Bertz CT molecular complexity index is 1180. The highest BCUT2D eigenvalue weighted by molar-refractivity contribution is 7.97. The van der Waals surface area contributed by atoms with Crippen molar-refractivity contribution < 1.29 is 9.53 Å². The van der Waals surface area contributed by atoms with Crippen molar-refractivity contribution in [3.63, 3.8) is 0 Å². The van der Waals surface area contributed by atoms with Crippen LogP contribution in [0, 0.1) is 0 Å². The van der Waals surface area contributed by atoms with E-state index in [9.17, 15) is 4.79 Å². The first-order chi connectivity index (χ1) is 16.3. The molecule has 4 nitrogen and oxygen atoms in total. The first kappa shape index (κ1) is 22.4. The number of hydrogen-bond acceptors (Lipinski definition) is 4. The van der Waals surface area contributed by atoms with Crippen LogP contribution in [0.2, 0.25) is 0 Å². The molecular weight excluding hydrogens is 428 g/mol. The molecule has 0 radical (unpaired) electrons. The summed E-state index contributed by atoms with van der Waals surface area (Å²) in [6.07, 6.45) is 1.61. The van der Waals surface area contributed by atoms with Gasteiger partial charge in [-0.3, -0.25) is 4.79 Å². The summed E-state index contributed by atoms with van der Waals surface area (Å²) in [5, 5.41) is 4.07. The van der Waals surface area contributed by atoms with Gasteiger partial charge in [-0.1, -0.05) is 60.7 Å². The van der Waals surface area contributed by atoms with Crippen LogP contribution >= 0.6 is 11.8 Å². The minimum Gasteiger partial charge on any atom is -0.457 e. The van der Waals surface area contributed by atoms with Gasteiger partial charge < -0.3 is 4.74 Å². The summed E-state index contributed by atoms with van der Waals surface area (Å²) in [5.74, 6) is 3.16. The van der Waals surface area contributed by atoms with Crippen molar-refractivity contribution in [3.05, 3.63) is 131 Å². The number of ether oxygens (including phenoxy) is 1. The lowest BCUT2D eigenvalue weighted by Gasteiger charge is -2.05. The van der Waals surface area contributed by atoms with E-state index in [-0.39, 0.29) is 5.91 Å². The van der Waals surface area contributed by atoms with E-state index in [0.29, 0.717) is 5.56 Å². The van der Waals surface area contributed by atoms with E-state index in [1.807, 2.05) is 96.7 Å². The van der Waals surface area contributed by atoms with Crippen LogP contribution in [0.1, 0.15) is 27.0 Å². The largest absolute Gasteiger partial charge is 0.457 e. The molecule has 1 N–H and O–H groups in total. The molecule has 4 aromatic carbocycles. The van der Waals surface area contributed by atoms with Gasteiger partial charge in [0.05, 0.1) is 6.21 Å². The predicted molar refractivity (Wildman–Crippen MR) is 136 cm³/mol. The molecule has 0 spiro atoms. The van der Waals surface area contributed by atoms with Crippen molar-refractivity contribution >= 4 is 23.9 Å². The Balaban J connectivity index is 1.23. The molecule has 0 aliphatic heterocycles. The Labute approximate surface area is 198 Å². The van der Waals surface area contributed by atoms with Gasteiger partial charge in [0.25, 0.3) is 5.91 Å². The van der Waals surface area contributed by atoms with Crippen LogP contribution in [0.25, 0.3) is 0 Å². The summed E-state index contributed by atoms with van der Waals surface area (Å²) >= 11 is 1.85. The van der Waals surface area contributed by atoms with Gasteiger partial charge in [0.1, 0.15) is 11.5 Å². The third-order valence-electron chi connectivity index (χ3n) is 4.84. The van der Waals surface area contributed by atoms with Gasteiger partial charge in [0.15, 0.2) is 0 Å². The van der Waals surface area contributed by atoms with Gasteiger partial charge in [0, 0.05) is 17.1 Å². The normalized spacial score (nSPS) is 10.8. The lowest BCUT2D eigenvalue weighted by Crippen LogP contribution is -2.17. The summed E-state index contributed by atoms with van der Waals surface area (Å²) in [6.45, 7) is 0. The second-order valence-electron chi connectivity index (χ2n) is 7.36. The number of nitrogens with zero attached hydrogens (tertiary/aromatic N) is 1. The van der Waals surface area contributed by atoms with E-state index in [0.717, 1.165) is 28.6 Å². The Hall–Kier alpha value is -3.83. The number of hydrazone groups is 1. The molecule has 0 aliphatic rings. The molecule has 0 saturated heterocycles. The number of nitrogens with one attached hydrogen (secondary N) is 1. The average Bonchev–Trinajstić information content (AvgIpc) is 2.87. The quantitative estimate of drug-likeness (QED) is 0.228. The molecule has 0 heterocycles. The molecule has 1 amide bonds. The SMILES string of the molecule is O=C(N/N=C\c1ccc(Oc2ccccc2)cc1)c1ccc(CSCc2ccccc2)cc1. The summed E-state index contributed by atoms with van der Waals surface area (Å²) in [7, 11) is 0. The Morgan fingerprint density at radius 3 is 1.97 bits per heavy atom. The van der Waals surface area contributed by atoms with Gasteiger partial charge in [-0.15, -0.1) is 0 Å². The predicted octanol–water partition coefficient (Wildman–Crippen LogP) is 6.68. The number of carbonyl (C=O) groups is 1. The summed E-state index contributed by atoms with van der Waals surface area (Å²) in [5.41, 5.74) is 6.53. The highest BCUT2D eigenvalue weighted by atomic mass is 32.2. The number of carbonyl (C=O) groups excluding carboxylic acids is 1. The zero-order valence-electron chi connectivity index (χ0n) is 18.1. The fraction of sp³-hybridized carbons (Fsp3) is 0.0714. The maximum atomic E-state index is 12.4. The van der Waals surface area contributed by atoms with Crippen molar-refractivity contribution in [1.82, 2.24) is 5.43 Å². The number of hydrogen-bond donors (Lipinski definition) is 1. The van der Waals surface area contributed by atoms with E-state index in [1.165, 1.54) is 11.1 Å². The van der Waals surface area contributed by atoms with Crippen molar-refractivity contribution in [1.29, 1.82) is 0 Å². The van der Waals surface area contributed by atoms with Crippen LogP contribution in [0.4, 0.5) is 0 Å². The molecule has 0 bridgehead atoms. The molecular formula is C28H24N2O2S. The number of para-hydroxylation sites is 1. The topological polar surface area (TPSA) is 50.7 Å². The van der Waals surface area contributed by atoms with Crippen LogP contribution in [0.3, 0.4) is 0 Å². The molecule has 0 fully saturated rings. The Morgan fingerprint density at radius 1 is 0.727 bits per heavy atom. The van der Waals surface area contributed by atoms with Gasteiger partial charge in [-0.25, -0.2) is 5.43 Å². The van der Waals surface area contributed by atoms with E-state index in [2.05, 4.69) is 34.8 Å². The molecule has 0 aliphatic carbocycles. The number of thioether (sulfide) groups is 1. The van der Waals surface area contributed by atoms with Gasteiger partial charge >= 0.3 is 0 Å². The summed E-state index contributed by atoms with van der Waals surface area (Å²) in [4.78, 5) is 12.4.